The average molecular weight is 496 g/mol. The van der Waals surface area contributed by atoms with E-state index >= 15 is 0 Å². The van der Waals surface area contributed by atoms with Gasteiger partial charge < -0.3 is 14.9 Å². The number of sulfonamides is 1. The van der Waals surface area contributed by atoms with E-state index < -0.39 is 32.0 Å². The van der Waals surface area contributed by atoms with Crippen LogP contribution in [0, 0.1) is 0 Å². The Kier molecular flexibility index (Phi) is 6.56. The molecule has 3 unspecified atom stereocenters. The molecule has 0 amide bonds. The number of aliphatic carboxylic acids is 1. The molecule has 3 atom stereocenters. The van der Waals surface area contributed by atoms with Crippen LogP contribution in [0.2, 0.25) is 5.02 Å². The largest absolute Gasteiger partial charge is 0.491 e. The van der Waals surface area contributed by atoms with Crippen molar-refractivity contribution in [1.29, 1.82) is 0 Å². The van der Waals surface area contributed by atoms with Gasteiger partial charge in [-0.25, -0.2) is 8.42 Å². The predicted molar refractivity (Wildman–Crippen MR) is 124 cm³/mol. The van der Waals surface area contributed by atoms with Crippen LogP contribution < -0.4 is 9.46 Å². The molecule has 0 saturated heterocycles. The maximum atomic E-state index is 13.1. The van der Waals surface area contributed by atoms with Crippen molar-refractivity contribution in [2.24, 2.45) is 0 Å². The molecule has 1 aliphatic carbocycles. The summed E-state index contributed by atoms with van der Waals surface area (Å²) in [5.41, 5.74) is -0.0449. The molecule has 1 fully saturated rings. The molecule has 2 aliphatic rings. The summed E-state index contributed by atoms with van der Waals surface area (Å²) in [6, 6.07) is 14.0. The molecule has 1 heterocycles. The lowest BCUT2D eigenvalue weighted by Gasteiger charge is -2.19. The number of aliphatic hydroxyl groups excluding tert-OH is 1. The number of carboxylic acid groups (broad SMARTS) is 1. The average Bonchev–Trinajstić information content (AvgIpc) is 3.26. The molecule has 2 aromatic carbocycles. The molecular formula is C22H22ClNO6S2. The normalized spacial score (nSPS) is 24.8. The zero-order valence-corrected chi connectivity index (χ0v) is 19.3. The monoisotopic (exact) mass is 495 g/mol. The molecule has 1 aliphatic heterocycles. The summed E-state index contributed by atoms with van der Waals surface area (Å²) in [7, 11) is -3.92. The van der Waals surface area contributed by atoms with E-state index in [0.717, 1.165) is 10.5 Å². The lowest BCUT2D eigenvalue weighted by molar-refractivity contribution is -0.140. The first-order valence-corrected chi connectivity index (χ1v) is 12.8. The number of hydrogen-bond donors (Lipinski definition) is 3. The van der Waals surface area contributed by atoms with Gasteiger partial charge in [-0.1, -0.05) is 41.9 Å². The summed E-state index contributed by atoms with van der Waals surface area (Å²) in [6.07, 6.45) is 2.28. The molecule has 3 N–H and O–H groups in total. The summed E-state index contributed by atoms with van der Waals surface area (Å²) in [5, 5.41) is 19.4. The van der Waals surface area contributed by atoms with Crippen molar-refractivity contribution in [3.63, 3.8) is 0 Å². The number of benzene rings is 2. The summed E-state index contributed by atoms with van der Waals surface area (Å²) in [4.78, 5) is 12.9. The van der Waals surface area contributed by atoms with Crippen LogP contribution in [-0.4, -0.2) is 47.9 Å². The van der Waals surface area contributed by atoms with Crippen LogP contribution in [0.4, 0.5) is 0 Å². The first kappa shape index (κ1) is 23.1. The van der Waals surface area contributed by atoms with E-state index in [1.807, 2.05) is 18.2 Å². The van der Waals surface area contributed by atoms with E-state index in [1.54, 1.807) is 36.4 Å². The van der Waals surface area contributed by atoms with Gasteiger partial charge in [-0.05, 0) is 48.2 Å². The van der Waals surface area contributed by atoms with Crippen molar-refractivity contribution in [2.75, 3.05) is 13.2 Å². The molecule has 0 aromatic heterocycles. The van der Waals surface area contributed by atoms with Crippen molar-refractivity contribution >= 4 is 44.3 Å². The molecule has 2 aromatic rings. The summed E-state index contributed by atoms with van der Waals surface area (Å²) < 4.78 is 33.3. The van der Waals surface area contributed by atoms with Crippen LogP contribution in [0.15, 0.2) is 54.6 Å². The minimum Gasteiger partial charge on any atom is -0.491 e. The van der Waals surface area contributed by atoms with Crippen LogP contribution in [0.1, 0.15) is 29.9 Å². The second kappa shape index (κ2) is 9.07. The molecule has 32 heavy (non-hydrogen) atoms. The van der Waals surface area contributed by atoms with E-state index in [0.29, 0.717) is 16.3 Å². The number of thioether (sulfide) groups is 1. The minimum absolute atomic E-state index is 0.118. The molecule has 1 saturated carbocycles. The minimum atomic E-state index is -3.92. The van der Waals surface area contributed by atoms with Gasteiger partial charge in [0, 0.05) is 15.8 Å². The van der Waals surface area contributed by atoms with Gasteiger partial charge in [0.05, 0.1) is 6.61 Å². The number of nitrogens with one attached hydrogen (secondary N) is 1. The Labute approximate surface area is 195 Å². The van der Waals surface area contributed by atoms with Crippen molar-refractivity contribution in [3.05, 3.63) is 70.8 Å². The molecule has 7 nitrogen and oxygen atoms in total. The topological polar surface area (TPSA) is 113 Å². The Morgan fingerprint density at radius 3 is 2.69 bits per heavy atom. The number of halogens is 1. The van der Waals surface area contributed by atoms with E-state index in [1.165, 1.54) is 11.8 Å². The second-order valence-corrected chi connectivity index (χ2v) is 11.5. The molecule has 0 bridgehead atoms. The van der Waals surface area contributed by atoms with Crippen molar-refractivity contribution in [1.82, 2.24) is 4.72 Å². The molecular weight excluding hydrogens is 474 g/mol. The third kappa shape index (κ3) is 4.67. The fraction of sp³-hybridized carbons (Fsp3) is 0.318. The number of allylic oxidation sites excluding steroid dienone is 1. The third-order valence-electron chi connectivity index (χ3n) is 5.52. The number of aliphatic hydroxyl groups is 1. The lowest BCUT2D eigenvalue weighted by atomic mass is 10.1. The Bertz CT molecular complexity index is 1150. The summed E-state index contributed by atoms with van der Waals surface area (Å²) >= 11 is 7.12. The van der Waals surface area contributed by atoms with Gasteiger partial charge in [0.1, 0.15) is 22.5 Å². The van der Waals surface area contributed by atoms with Gasteiger partial charge in [-0.2, -0.15) is 4.72 Å². The number of hydrogen-bond acceptors (Lipinski definition) is 6. The maximum absolute atomic E-state index is 13.1. The zero-order chi connectivity index (χ0) is 22.9. The molecule has 4 rings (SSSR count). The zero-order valence-electron chi connectivity index (χ0n) is 16.9. The van der Waals surface area contributed by atoms with Crippen molar-refractivity contribution in [2.45, 2.75) is 28.9 Å². The van der Waals surface area contributed by atoms with Crippen LogP contribution >= 0.6 is 23.4 Å². The highest BCUT2D eigenvalue weighted by Crippen LogP contribution is 2.53. The smallest absolute Gasteiger partial charge is 0.325 e. The van der Waals surface area contributed by atoms with Crippen LogP contribution in [0.5, 0.6) is 5.75 Å². The SMILES string of the molecule is O=C(O)C1(NS(=O)(=O)C2CC=C(c3ccc(Cl)cc3)S2)CC1c1cccc(OCCO)c1. The van der Waals surface area contributed by atoms with E-state index in [9.17, 15) is 18.3 Å². The Morgan fingerprint density at radius 1 is 1.25 bits per heavy atom. The highest BCUT2D eigenvalue weighted by atomic mass is 35.5. The van der Waals surface area contributed by atoms with Gasteiger partial charge in [-0.15, -0.1) is 11.8 Å². The lowest BCUT2D eigenvalue weighted by Crippen LogP contribution is -2.47. The predicted octanol–water partition coefficient (Wildman–Crippen LogP) is 3.45. The molecule has 0 spiro atoms. The van der Waals surface area contributed by atoms with E-state index in [-0.39, 0.29) is 26.1 Å². The Morgan fingerprint density at radius 2 is 2.00 bits per heavy atom. The first-order valence-electron chi connectivity index (χ1n) is 9.98. The Balaban J connectivity index is 1.48. The standard InChI is InChI=1S/C22H22ClNO6S2/c23-16-6-4-14(5-7-16)19-8-9-20(31-19)32(28,29)24-22(21(26)27)13-18(22)15-2-1-3-17(12-15)30-11-10-25/h1-8,12,18,20,24-25H,9-11,13H2,(H,26,27). The quantitative estimate of drug-likeness (QED) is 0.488. The number of carbonyl (C=O) groups is 1. The maximum Gasteiger partial charge on any atom is 0.325 e. The van der Waals surface area contributed by atoms with Crippen LogP contribution in [-0.2, 0) is 14.8 Å². The van der Waals surface area contributed by atoms with Crippen LogP contribution in [0.3, 0.4) is 0 Å². The van der Waals surface area contributed by atoms with Gasteiger partial charge in [0.25, 0.3) is 0 Å². The number of rotatable bonds is 9. The van der Waals surface area contributed by atoms with Gasteiger partial charge in [0.2, 0.25) is 10.0 Å². The van der Waals surface area contributed by atoms with Crippen molar-refractivity contribution < 1.29 is 28.2 Å². The Hall–Kier alpha value is -2.04. The summed E-state index contributed by atoms with van der Waals surface area (Å²) in [5.74, 6) is -1.22. The van der Waals surface area contributed by atoms with E-state index in [2.05, 4.69) is 4.72 Å². The van der Waals surface area contributed by atoms with Gasteiger partial charge in [-0.3, -0.25) is 4.79 Å². The van der Waals surface area contributed by atoms with Crippen molar-refractivity contribution in [3.8, 4) is 5.75 Å². The number of carboxylic acids is 1. The highest BCUT2D eigenvalue weighted by molar-refractivity contribution is 8.18. The van der Waals surface area contributed by atoms with Gasteiger partial charge in [0.15, 0.2) is 0 Å². The highest BCUT2D eigenvalue weighted by Gasteiger charge is 2.64. The molecule has 0 radical (unpaired) electrons. The van der Waals surface area contributed by atoms with Crippen LogP contribution in [0.25, 0.3) is 4.91 Å². The fourth-order valence-electron chi connectivity index (χ4n) is 3.79. The van der Waals surface area contributed by atoms with Gasteiger partial charge >= 0.3 is 5.97 Å². The first-order chi connectivity index (χ1) is 15.2. The number of ether oxygens (including phenoxy) is 1. The molecule has 10 heteroatoms. The third-order valence-corrected chi connectivity index (χ3v) is 9.46. The van der Waals surface area contributed by atoms with E-state index in [4.69, 9.17) is 21.4 Å². The second-order valence-electron chi connectivity index (χ2n) is 7.68. The summed E-state index contributed by atoms with van der Waals surface area (Å²) in [6.45, 7) is -0.0235. The fourth-order valence-corrected chi connectivity index (χ4v) is 7.12. The molecule has 170 valence electrons.